The van der Waals surface area contributed by atoms with E-state index in [1.165, 1.54) is 36.9 Å². The van der Waals surface area contributed by atoms with Gasteiger partial charge in [-0.15, -0.1) is 11.8 Å². The van der Waals surface area contributed by atoms with Crippen LogP contribution in [0.1, 0.15) is 24.3 Å². The van der Waals surface area contributed by atoms with Gasteiger partial charge in [-0.05, 0) is 11.6 Å². The number of hydrogen-bond donors (Lipinski definition) is 3. The molecule has 2 unspecified atom stereocenters. The second kappa shape index (κ2) is 13.0. The Labute approximate surface area is 258 Å². The lowest BCUT2D eigenvalue weighted by molar-refractivity contribution is -0.151. The van der Waals surface area contributed by atoms with Gasteiger partial charge in [0.2, 0.25) is 5.91 Å². The highest BCUT2D eigenvalue weighted by Crippen LogP contribution is 2.40. The molecular weight excluding hydrogens is 612 g/mol. The smallest absolute Gasteiger partial charge is 0.352 e. The van der Waals surface area contributed by atoms with Gasteiger partial charge in [0, 0.05) is 24.3 Å². The van der Waals surface area contributed by atoms with Crippen molar-refractivity contribution in [3.8, 4) is 0 Å². The maximum atomic E-state index is 13.5. The van der Waals surface area contributed by atoms with Crippen LogP contribution in [0.5, 0.6) is 0 Å². The Balaban J connectivity index is 1.28. The molecule has 2 aromatic rings. The summed E-state index contributed by atoms with van der Waals surface area (Å²) in [7, 11) is 0. The number of rotatable bonds is 9. The molecule has 0 saturated carbocycles. The first-order chi connectivity index (χ1) is 21.5. The molecule has 3 aliphatic rings. The SMILES string of the molecule is CC(=O)OCC1=C(C(=O)O)N2C(=O)C(NC(=O)C(NC(=O)N3CCN(N=Cc4cccc(=O)o4)C3=O)c3ccccc3)[C@@H]2SC1. The summed E-state index contributed by atoms with van der Waals surface area (Å²) in [5.41, 5.74) is -0.302. The molecule has 16 nitrogen and oxygen atoms in total. The van der Waals surface area contributed by atoms with Crippen molar-refractivity contribution in [1.82, 2.24) is 25.4 Å². The summed E-state index contributed by atoms with van der Waals surface area (Å²) in [5.74, 6) is -3.19. The average molecular weight is 639 g/mol. The van der Waals surface area contributed by atoms with Gasteiger partial charge in [-0.3, -0.25) is 19.3 Å². The Morgan fingerprint density at radius 3 is 2.56 bits per heavy atom. The number of hydrogen-bond acceptors (Lipinski definition) is 11. The van der Waals surface area contributed by atoms with E-state index in [-0.39, 0.29) is 42.5 Å². The lowest BCUT2D eigenvalue weighted by atomic mass is 10.0. The first-order valence-electron chi connectivity index (χ1n) is 13.5. The lowest BCUT2D eigenvalue weighted by Gasteiger charge is -2.49. The zero-order valence-electron chi connectivity index (χ0n) is 23.6. The van der Waals surface area contributed by atoms with E-state index < -0.39 is 58.9 Å². The minimum Gasteiger partial charge on any atom is -0.477 e. The third-order valence-corrected chi connectivity index (χ3v) is 8.27. The van der Waals surface area contributed by atoms with Crippen molar-refractivity contribution >= 4 is 53.8 Å². The number of carboxylic acids is 1. The molecule has 2 fully saturated rings. The highest BCUT2D eigenvalue weighted by Gasteiger charge is 2.54. The van der Waals surface area contributed by atoms with E-state index in [9.17, 15) is 38.7 Å². The van der Waals surface area contributed by atoms with Crippen molar-refractivity contribution in [3.05, 3.63) is 81.5 Å². The number of carbonyl (C=O) groups is 6. The fourth-order valence-electron chi connectivity index (χ4n) is 4.79. The Kier molecular flexibility index (Phi) is 8.98. The molecule has 0 radical (unpaired) electrons. The molecule has 6 amide bonds. The third kappa shape index (κ3) is 6.57. The number of ether oxygens (including phenoxy) is 1. The van der Waals surface area contributed by atoms with Crippen LogP contribution in [-0.2, 0) is 23.9 Å². The summed E-state index contributed by atoms with van der Waals surface area (Å²) in [4.78, 5) is 89.2. The zero-order valence-corrected chi connectivity index (χ0v) is 24.4. The third-order valence-electron chi connectivity index (χ3n) is 6.93. The molecule has 45 heavy (non-hydrogen) atoms. The number of nitrogens with zero attached hydrogens (tertiary/aromatic N) is 4. The fourth-order valence-corrected chi connectivity index (χ4v) is 6.12. The van der Waals surface area contributed by atoms with E-state index in [1.54, 1.807) is 30.3 Å². The molecule has 0 bridgehead atoms. The fraction of sp³-hybridized carbons (Fsp3) is 0.286. The largest absolute Gasteiger partial charge is 0.477 e. The number of fused-ring (bicyclic) bond motifs is 1. The second-order valence-electron chi connectivity index (χ2n) is 9.88. The van der Waals surface area contributed by atoms with Crippen molar-refractivity contribution in [2.45, 2.75) is 24.4 Å². The van der Waals surface area contributed by atoms with E-state index in [4.69, 9.17) is 9.15 Å². The topological polar surface area (TPSA) is 208 Å². The maximum absolute atomic E-state index is 13.5. The van der Waals surface area contributed by atoms with E-state index in [1.807, 2.05) is 0 Å². The van der Waals surface area contributed by atoms with Crippen LogP contribution in [-0.4, -0.2) is 98.8 Å². The summed E-state index contributed by atoms with van der Waals surface area (Å²) in [6.07, 6.45) is 1.16. The molecule has 4 heterocycles. The number of carbonyl (C=O) groups excluding carboxylic acids is 5. The van der Waals surface area contributed by atoms with Gasteiger partial charge in [-0.2, -0.15) is 5.10 Å². The van der Waals surface area contributed by atoms with Gasteiger partial charge >= 0.3 is 29.6 Å². The van der Waals surface area contributed by atoms with Gasteiger partial charge in [0.1, 0.15) is 29.8 Å². The number of imide groups is 1. The van der Waals surface area contributed by atoms with Gasteiger partial charge in [-0.25, -0.2) is 29.1 Å². The van der Waals surface area contributed by atoms with Crippen LogP contribution < -0.4 is 16.3 Å². The van der Waals surface area contributed by atoms with Crippen LogP contribution in [0.25, 0.3) is 0 Å². The molecule has 3 atom stereocenters. The van der Waals surface area contributed by atoms with Crippen LogP contribution >= 0.6 is 11.8 Å². The Morgan fingerprint density at radius 2 is 1.87 bits per heavy atom. The summed E-state index contributed by atoms with van der Waals surface area (Å²) in [6, 6.07) is 8.18. The molecule has 1 aromatic heterocycles. The van der Waals surface area contributed by atoms with E-state index >= 15 is 0 Å². The number of esters is 1. The van der Waals surface area contributed by atoms with Crippen molar-refractivity contribution in [2.75, 3.05) is 25.4 Å². The predicted octanol–water partition coefficient (Wildman–Crippen LogP) is 0.464. The molecule has 3 N–H and O–H groups in total. The van der Waals surface area contributed by atoms with E-state index in [2.05, 4.69) is 15.7 Å². The Bertz CT molecular complexity index is 1670. The Morgan fingerprint density at radius 1 is 1.11 bits per heavy atom. The first kappa shape index (κ1) is 31.0. The molecule has 0 spiro atoms. The molecule has 1 aromatic carbocycles. The summed E-state index contributed by atoms with van der Waals surface area (Å²) >= 11 is 1.19. The number of carboxylic acid groups (broad SMARTS) is 1. The molecule has 3 aliphatic heterocycles. The average Bonchev–Trinajstić information content (AvgIpc) is 3.39. The maximum Gasteiger partial charge on any atom is 0.352 e. The minimum atomic E-state index is -1.38. The van der Waals surface area contributed by atoms with Crippen LogP contribution in [0.2, 0.25) is 0 Å². The first-order valence-corrected chi connectivity index (χ1v) is 14.5. The Hall–Kier alpha value is -5.45. The number of thioether (sulfide) groups is 1. The van der Waals surface area contributed by atoms with Gasteiger partial charge in [0.15, 0.2) is 5.76 Å². The van der Waals surface area contributed by atoms with Crippen LogP contribution in [0.3, 0.4) is 0 Å². The molecule has 5 rings (SSSR count). The van der Waals surface area contributed by atoms with E-state index in [0.717, 1.165) is 21.0 Å². The van der Waals surface area contributed by atoms with Crippen LogP contribution in [0.4, 0.5) is 9.59 Å². The molecular formula is C28H26N6O10S. The van der Waals surface area contributed by atoms with Gasteiger partial charge < -0.3 is 24.9 Å². The van der Waals surface area contributed by atoms with Gasteiger partial charge in [-0.1, -0.05) is 36.4 Å². The lowest BCUT2D eigenvalue weighted by Crippen LogP contribution is -2.71. The minimum absolute atomic E-state index is 0.0339. The summed E-state index contributed by atoms with van der Waals surface area (Å²) in [6.45, 7) is 0.866. The second-order valence-corrected chi connectivity index (χ2v) is 11.0. The predicted molar refractivity (Wildman–Crippen MR) is 155 cm³/mol. The number of aliphatic carboxylic acids is 1. The van der Waals surface area contributed by atoms with Gasteiger partial charge in [0.25, 0.3) is 5.91 Å². The normalized spacial score (nSPS) is 20.1. The van der Waals surface area contributed by atoms with Crippen molar-refractivity contribution in [1.29, 1.82) is 0 Å². The molecule has 2 saturated heterocycles. The van der Waals surface area contributed by atoms with Crippen molar-refractivity contribution in [3.63, 3.8) is 0 Å². The number of amides is 6. The quantitative estimate of drug-likeness (QED) is 0.195. The van der Waals surface area contributed by atoms with Crippen molar-refractivity contribution in [2.24, 2.45) is 5.10 Å². The van der Waals surface area contributed by atoms with Crippen LogP contribution in [0.15, 0.2) is 74.1 Å². The highest BCUT2D eigenvalue weighted by atomic mass is 32.2. The summed E-state index contributed by atoms with van der Waals surface area (Å²) < 4.78 is 9.88. The standard InChI is InChI=1S/C28H26N6O10S/c1-15(35)43-13-17-14-45-25-21(24(38)34(25)22(17)26(39)40)30-23(37)20(16-6-3-2-4-7-16)31-27(41)32-10-11-33(28(32)42)29-12-18-8-5-9-19(36)44-18/h2-9,12,20-21,25H,10-11,13-14H2,1H3,(H,30,37)(H,31,41)(H,39,40)/t20?,21?,25-/m0/s1. The number of β-lactam (4-membered cyclic amide) rings is 1. The molecule has 0 aliphatic carbocycles. The number of hydrazone groups is 1. The van der Waals surface area contributed by atoms with Gasteiger partial charge in [0.05, 0.1) is 19.3 Å². The monoisotopic (exact) mass is 638 g/mol. The number of nitrogens with one attached hydrogen (secondary N) is 2. The molecule has 234 valence electrons. The zero-order chi connectivity index (χ0) is 32.2. The van der Waals surface area contributed by atoms with Crippen molar-refractivity contribution < 1.29 is 43.0 Å². The number of benzene rings is 1. The summed E-state index contributed by atoms with van der Waals surface area (Å²) in [5, 5.41) is 19.1. The van der Waals surface area contributed by atoms with Crippen LogP contribution in [0, 0.1) is 0 Å². The highest BCUT2D eigenvalue weighted by molar-refractivity contribution is 8.00. The van der Waals surface area contributed by atoms with E-state index in [0.29, 0.717) is 5.56 Å². The number of urea groups is 2. The molecule has 17 heteroatoms.